The number of fused-ring (bicyclic) bond motifs is 1. The number of nitrogens with zero attached hydrogens (tertiary/aromatic N) is 3. The Labute approximate surface area is 137 Å². The van der Waals surface area contributed by atoms with E-state index in [0.717, 1.165) is 0 Å². The van der Waals surface area contributed by atoms with Gasteiger partial charge in [-0.1, -0.05) is 6.07 Å². The van der Waals surface area contributed by atoms with Crippen molar-refractivity contribution in [3.63, 3.8) is 0 Å². The minimum atomic E-state index is -4.31. The van der Waals surface area contributed by atoms with Gasteiger partial charge < -0.3 is 14.6 Å². The van der Waals surface area contributed by atoms with Gasteiger partial charge in [-0.25, -0.2) is 0 Å². The van der Waals surface area contributed by atoms with Gasteiger partial charge in [0, 0.05) is 37.6 Å². The molecule has 130 valence electrons. The van der Waals surface area contributed by atoms with Gasteiger partial charge in [0.2, 0.25) is 0 Å². The highest BCUT2D eigenvalue weighted by Gasteiger charge is 2.28. The van der Waals surface area contributed by atoms with Crippen molar-refractivity contribution in [2.75, 3.05) is 19.7 Å². The predicted octanol–water partition coefficient (Wildman–Crippen LogP) is 1.92. The minimum absolute atomic E-state index is 0.0811. The Morgan fingerprint density at radius 2 is 2.08 bits per heavy atom. The Hall–Kier alpha value is -2.08. The SMILES string of the molecule is N#Cc1c(CN(CCC(F)(F)F)C[C@H](O)CO)cn2ccccc12. The second-order valence-electron chi connectivity index (χ2n) is 5.57. The molecule has 1 atom stereocenters. The summed E-state index contributed by atoms with van der Waals surface area (Å²) in [5, 5.41) is 27.9. The van der Waals surface area contributed by atoms with Crippen molar-refractivity contribution in [2.24, 2.45) is 0 Å². The van der Waals surface area contributed by atoms with E-state index in [0.29, 0.717) is 16.6 Å². The molecule has 5 nitrogen and oxygen atoms in total. The lowest BCUT2D eigenvalue weighted by Crippen LogP contribution is -2.36. The average molecular weight is 341 g/mol. The van der Waals surface area contributed by atoms with Gasteiger partial charge in [-0.2, -0.15) is 18.4 Å². The molecule has 0 fully saturated rings. The zero-order valence-electron chi connectivity index (χ0n) is 12.9. The molecule has 2 aromatic rings. The van der Waals surface area contributed by atoms with Gasteiger partial charge in [-0.3, -0.25) is 4.90 Å². The third kappa shape index (κ3) is 4.71. The lowest BCUT2D eigenvalue weighted by atomic mass is 10.1. The molecule has 0 radical (unpaired) electrons. The number of hydrogen-bond donors (Lipinski definition) is 2. The molecule has 2 N–H and O–H groups in total. The highest BCUT2D eigenvalue weighted by molar-refractivity contribution is 5.65. The van der Waals surface area contributed by atoms with Gasteiger partial charge in [0.15, 0.2) is 0 Å². The Bertz CT molecular complexity index is 721. The van der Waals surface area contributed by atoms with Gasteiger partial charge >= 0.3 is 6.18 Å². The van der Waals surface area contributed by atoms with Gasteiger partial charge in [0.1, 0.15) is 6.07 Å². The molecular weight excluding hydrogens is 323 g/mol. The normalized spacial score (nSPS) is 13.4. The van der Waals surface area contributed by atoms with Crippen LogP contribution in [-0.4, -0.2) is 51.5 Å². The number of aliphatic hydroxyl groups is 2. The van der Waals surface area contributed by atoms with Gasteiger partial charge in [-0.15, -0.1) is 0 Å². The van der Waals surface area contributed by atoms with Crippen LogP contribution in [0.15, 0.2) is 30.6 Å². The van der Waals surface area contributed by atoms with E-state index in [1.807, 2.05) is 0 Å². The summed E-state index contributed by atoms with van der Waals surface area (Å²) in [6.07, 6.45) is -3.03. The first kappa shape index (κ1) is 18.3. The molecule has 0 amide bonds. The Morgan fingerprint density at radius 1 is 1.33 bits per heavy atom. The molecule has 24 heavy (non-hydrogen) atoms. The van der Waals surface area contributed by atoms with Crippen LogP contribution in [0.2, 0.25) is 0 Å². The molecule has 2 heterocycles. The number of alkyl halides is 3. The van der Waals surface area contributed by atoms with E-state index < -0.39 is 25.3 Å². The Morgan fingerprint density at radius 3 is 2.71 bits per heavy atom. The van der Waals surface area contributed by atoms with Crippen LogP contribution in [0.5, 0.6) is 0 Å². The van der Waals surface area contributed by atoms with Crippen molar-refractivity contribution in [3.8, 4) is 6.07 Å². The highest BCUT2D eigenvalue weighted by Crippen LogP contribution is 2.23. The number of halogens is 3. The van der Waals surface area contributed by atoms with E-state index in [1.165, 1.54) is 4.90 Å². The fourth-order valence-electron chi connectivity index (χ4n) is 2.54. The topological polar surface area (TPSA) is 71.9 Å². The van der Waals surface area contributed by atoms with Crippen molar-refractivity contribution in [1.29, 1.82) is 5.26 Å². The second-order valence-corrected chi connectivity index (χ2v) is 5.57. The molecule has 0 aromatic carbocycles. The standard InChI is InChI=1S/C16H18F3N3O2/c17-16(18,19)4-6-21(10-13(24)11-23)8-12-9-22-5-2-1-3-15(22)14(12)7-20/h1-3,5,9,13,23-24H,4,6,8,10-11H2/t13-/m0/s1. The van der Waals surface area contributed by atoms with Crippen LogP contribution >= 0.6 is 0 Å². The fourth-order valence-corrected chi connectivity index (χ4v) is 2.54. The lowest BCUT2D eigenvalue weighted by molar-refractivity contribution is -0.139. The molecule has 0 saturated heterocycles. The predicted molar refractivity (Wildman–Crippen MR) is 81.2 cm³/mol. The summed E-state index contributed by atoms with van der Waals surface area (Å²) >= 11 is 0. The average Bonchev–Trinajstić information content (AvgIpc) is 2.88. The maximum atomic E-state index is 12.5. The van der Waals surface area contributed by atoms with E-state index in [1.54, 1.807) is 35.0 Å². The summed E-state index contributed by atoms with van der Waals surface area (Å²) in [5.41, 5.74) is 1.65. The molecule has 0 unspecified atom stereocenters. The zero-order chi connectivity index (χ0) is 17.7. The van der Waals surface area contributed by atoms with E-state index in [-0.39, 0.29) is 19.6 Å². The first-order valence-electron chi connectivity index (χ1n) is 7.40. The molecule has 0 aliphatic heterocycles. The molecule has 0 aliphatic carbocycles. The molecule has 0 spiro atoms. The summed E-state index contributed by atoms with van der Waals surface area (Å²) in [7, 11) is 0. The van der Waals surface area contributed by atoms with Crippen molar-refractivity contribution < 1.29 is 23.4 Å². The molecule has 0 saturated carbocycles. The van der Waals surface area contributed by atoms with Gasteiger partial charge in [0.25, 0.3) is 0 Å². The summed E-state index contributed by atoms with van der Waals surface area (Å²) < 4.78 is 39.2. The quantitative estimate of drug-likeness (QED) is 0.807. The second kappa shape index (κ2) is 7.66. The van der Waals surface area contributed by atoms with E-state index in [9.17, 15) is 23.5 Å². The van der Waals surface area contributed by atoms with Crippen molar-refractivity contribution in [1.82, 2.24) is 9.30 Å². The molecule has 8 heteroatoms. The number of aliphatic hydroxyl groups excluding tert-OH is 2. The van der Waals surface area contributed by atoms with E-state index in [2.05, 4.69) is 6.07 Å². The van der Waals surface area contributed by atoms with Crippen LogP contribution in [0.3, 0.4) is 0 Å². The van der Waals surface area contributed by atoms with Crippen LogP contribution in [0.1, 0.15) is 17.5 Å². The van der Waals surface area contributed by atoms with Crippen molar-refractivity contribution in [3.05, 3.63) is 41.7 Å². The first-order chi connectivity index (χ1) is 11.3. The number of aromatic nitrogens is 1. The van der Waals surface area contributed by atoms with Crippen LogP contribution < -0.4 is 0 Å². The van der Waals surface area contributed by atoms with E-state index in [4.69, 9.17) is 5.11 Å². The summed E-state index contributed by atoms with van der Waals surface area (Å²) in [5.74, 6) is 0. The van der Waals surface area contributed by atoms with Crippen LogP contribution in [0.4, 0.5) is 13.2 Å². The lowest BCUT2D eigenvalue weighted by Gasteiger charge is -2.24. The zero-order valence-corrected chi connectivity index (χ0v) is 12.9. The van der Waals surface area contributed by atoms with Crippen LogP contribution in [-0.2, 0) is 6.54 Å². The number of pyridine rings is 1. The molecule has 0 bridgehead atoms. The number of rotatable bonds is 7. The third-order valence-electron chi connectivity index (χ3n) is 3.66. The number of hydrogen-bond acceptors (Lipinski definition) is 4. The molecule has 0 aliphatic rings. The van der Waals surface area contributed by atoms with Crippen molar-refractivity contribution >= 4 is 5.52 Å². The van der Waals surface area contributed by atoms with Crippen molar-refractivity contribution in [2.45, 2.75) is 25.2 Å². The van der Waals surface area contributed by atoms with Gasteiger partial charge in [0.05, 0.1) is 30.2 Å². The first-order valence-corrected chi connectivity index (χ1v) is 7.40. The maximum Gasteiger partial charge on any atom is 0.390 e. The molecule has 2 rings (SSSR count). The largest absolute Gasteiger partial charge is 0.394 e. The van der Waals surface area contributed by atoms with E-state index >= 15 is 0 Å². The van der Waals surface area contributed by atoms with Crippen LogP contribution in [0, 0.1) is 11.3 Å². The summed E-state index contributed by atoms with van der Waals surface area (Å²) in [6, 6.07) is 7.40. The summed E-state index contributed by atoms with van der Waals surface area (Å²) in [4.78, 5) is 1.39. The van der Waals surface area contributed by atoms with Crippen LogP contribution in [0.25, 0.3) is 5.52 Å². The monoisotopic (exact) mass is 341 g/mol. The molecular formula is C16H18F3N3O2. The Kier molecular flexibility index (Phi) is 5.83. The number of nitriles is 1. The third-order valence-corrected chi connectivity index (χ3v) is 3.66. The van der Waals surface area contributed by atoms with Gasteiger partial charge in [-0.05, 0) is 12.1 Å². The molecule has 2 aromatic heterocycles. The maximum absolute atomic E-state index is 12.5. The Balaban J connectivity index is 2.23. The smallest absolute Gasteiger partial charge is 0.390 e. The minimum Gasteiger partial charge on any atom is -0.394 e. The summed E-state index contributed by atoms with van der Waals surface area (Å²) in [6.45, 7) is -0.885. The fraction of sp³-hybridized carbons (Fsp3) is 0.438. The highest BCUT2D eigenvalue weighted by atomic mass is 19.4.